The quantitative estimate of drug-likeness (QED) is 0.480. The first kappa shape index (κ1) is 15.8. The van der Waals surface area contributed by atoms with Crippen molar-refractivity contribution in [3.63, 3.8) is 0 Å². The number of hydrazine groups is 1. The number of carboxylic acids is 1. The first-order valence-electron chi connectivity index (χ1n) is 7.73. The molecule has 0 bridgehead atoms. The number of fused-ring (bicyclic) bond motifs is 1. The van der Waals surface area contributed by atoms with E-state index >= 15 is 0 Å². The summed E-state index contributed by atoms with van der Waals surface area (Å²) in [6, 6.07) is 5.44. The van der Waals surface area contributed by atoms with Gasteiger partial charge in [0.05, 0.1) is 13.2 Å². The predicted octanol–water partition coefficient (Wildman–Crippen LogP) is 0.772. The van der Waals surface area contributed by atoms with Crippen LogP contribution in [-0.4, -0.2) is 48.4 Å². The molecule has 0 aliphatic carbocycles. The summed E-state index contributed by atoms with van der Waals surface area (Å²) in [6.07, 6.45) is 0.342. The summed E-state index contributed by atoms with van der Waals surface area (Å²) < 4.78 is 5.39. The van der Waals surface area contributed by atoms with Crippen molar-refractivity contribution in [2.45, 2.75) is 19.4 Å². The Kier molecular flexibility index (Phi) is 4.51. The van der Waals surface area contributed by atoms with Gasteiger partial charge in [-0.25, -0.2) is 5.43 Å². The van der Waals surface area contributed by atoms with E-state index in [0.717, 1.165) is 54.2 Å². The first-order valence-corrected chi connectivity index (χ1v) is 7.73. The average Bonchev–Trinajstić information content (AvgIpc) is 2.87. The second-order valence-electron chi connectivity index (χ2n) is 5.82. The molecule has 1 aliphatic heterocycles. The van der Waals surface area contributed by atoms with Crippen LogP contribution < -0.4 is 16.2 Å². The zero-order chi connectivity index (χ0) is 16.4. The molecule has 0 saturated carbocycles. The van der Waals surface area contributed by atoms with E-state index in [0.29, 0.717) is 6.42 Å². The Morgan fingerprint density at radius 2 is 2.22 bits per heavy atom. The molecule has 7 heteroatoms. The van der Waals surface area contributed by atoms with Crippen molar-refractivity contribution in [2.75, 3.05) is 31.2 Å². The smallest absolute Gasteiger partial charge is 0.322 e. The van der Waals surface area contributed by atoms with Crippen molar-refractivity contribution < 1.29 is 14.6 Å². The molecule has 2 heterocycles. The van der Waals surface area contributed by atoms with Gasteiger partial charge in [-0.1, -0.05) is 6.07 Å². The summed E-state index contributed by atoms with van der Waals surface area (Å²) in [5, 5.41) is 10.2. The number of hydrogen-bond acceptors (Lipinski definition) is 5. The van der Waals surface area contributed by atoms with E-state index in [1.807, 2.05) is 13.0 Å². The minimum atomic E-state index is -0.953. The zero-order valence-electron chi connectivity index (χ0n) is 13.1. The van der Waals surface area contributed by atoms with Crippen LogP contribution in [0.5, 0.6) is 0 Å². The maximum absolute atomic E-state index is 11.2. The monoisotopic (exact) mass is 318 g/mol. The van der Waals surface area contributed by atoms with E-state index in [4.69, 9.17) is 10.6 Å². The fourth-order valence-electron chi connectivity index (χ4n) is 3.08. The fourth-order valence-corrected chi connectivity index (χ4v) is 3.08. The maximum Gasteiger partial charge on any atom is 0.322 e. The van der Waals surface area contributed by atoms with Crippen LogP contribution in [0.4, 0.5) is 5.69 Å². The summed E-state index contributed by atoms with van der Waals surface area (Å²) in [5.41, 5.74) is 6.49. The minimum absolute atomic E-state index is 0.342. The second-order valence-corrected chi connectivity index (χ2v) is 5.82. The number of rotatable bonds is 5. The van der Waals surface area contributed by atoms with E-state index in [1.54, 1.807) is 0 Å². The number of benzene rings is 1. The SMILES string of the molecule is Cc1[nH]c2cc(N3CCOCC3)ccc2c1CC(NN)C(=O)O. The van der Waals surface area contributed by atoms with Crippen molar-refractivity contribution in [1.82, 2.24) is 10.4 Å². The number of H-pyrrole nitrogens is 1. The van der Waals surface area contributed by atoms with E-state index in [2.05, 4.69) is 27.4 Å². The number of hydrogen-bond donors (Lipinski definition) is 4. The van der Waals surface area contributed by atoms with Crippen LogP contribution in [-0.2, 0) is 16.0 Å². The lowest BCUT2D eigenvalue weighted by molar-refractivity contribution is -0.139. The highest BCUT2D eigenvalue weighted by Crippen LogP contribution is 2.28. The number of aromatic nitrogens is 1. The molecule has 23 heavy (non-hydrogen) atoms. The Labute approximate surface area is 134 Å². The molecule has 1 aromatic carbocycles. The standard InChI is InChI=1S/C16H22N4O3/c1-10-13(9-15(19-17)16(21)22)12-3-2-11(8-14(12)18-10)20-4-6-23-7-5-20/h2-3,8,15,18-19H,4-7,9,17H2,1H3,(H,21,22). The average molecular weight is 318 g/mol. The molecule has 1 fully saturated rings. The number of nitrogens with zero attached hydrogens (tertiary/aromatic N) is 1. The van der Waals surface area contributed by atoms with Gasteiger partial charge in [0.25, 0.3) is 0 Å². The number of nitrogens with two attached hydrogens (primary N) is 1. The lowest BCUT2D eigenvalue weighted by atomic mass is 10.0. The summed E-state index contributed by atoms with van der Waals surface area (Å²) >= 11 is 0. The highest BCUT2D eigenvalue weighted by Gasteiger charge is 2.20. The van der Waals surface area contributed by atoms with E-state index in [9.17, 15) is 9.90 Å². The van der Waals surface area contributed by atoms with Gasteiger partial charge in [0.15, 0.2) is 0 Å². The second kappa shape index (κ2) is 6.57. The molecule has 0 radical (unpaired) electrons. The van der Waals surface area contributed by atoms with Crippen molar-refractivity contribution in [2.24, 2.45) is 5.84 Å². The van der Waals surface area contributed by atoms with Crippen LogP contribution in [0.15, 0.2) is 18.2 Å². The van der Waals surface area contributed by atoms with Crippen LogP contribution in [0.2, 0.25) is 0 Å². The van der Waals surface area contributed by atoms with Crippen LogP contribution in [0.3, 0.4) is 0 Å². The summed E-state index contributed by atoms with van der Waals surface area (Å²) in [7, 11) is 0. The molecule has 7 nitrogen and oxygen atoms in total. The third kappa shape index (κ3) is 3.17. The number of aromatic amines is 1. The molecule has 1 atom stereocenters. The normalized spacial score (nSPS) is 16.7. The lowest BCUT2D eigenvalue weighted by Crippen LogP contribution is -2.42. The van der Waals surface area contributed by atoms with Crippen LogP contribution in [0.25, 0.3) is 10.9 Å². The summed E-state index contributed by atoms with van der Waals surface area (Å²) in [6.45, 7) is 5.22. The number of aliphatic carboxylic acids is 1. The maximum atomic E-state index is 11.2. The molecule has 1 aliphatic rings. The molecule has 1 aromatic heterocycles. The van der Waals surface area contributed by atoms with Crippen LogP contribution in [0, 0.1) is 6.92 Å². The number of morpholine rings is 1. The van der Waals surface area contributed by atoms with Gasteiger partial charge >= 0.3 is 5.97 Å². The van der Waals surface area contributed by atoms with Gasteiger partial charge in [-0.15, -0.1) is 0 Å². The number of carboxylic acid groups (broad SMARTS) is 1. The summed E-state index contributed by atoms with van der Waals surface area (Å²) in [4.78, 5) is 16.8. The molecule has 1 saturated heterocycles. The van der Waals surface area contributed by atoms with Gasteiger partial charge < -0.3 is 19.7 Å². The Morgan fingerprint density at radius 1 is 1.48 bits per heavy atom. The minimum Gasteiger partial charge on any atom is -0.480 e. The highest BCUT2D eigenvalue weighted by molar-refractivity contribution is 5.88. The van der Waals surface area contributed by atoms with Crippen molar-refractivity contribution in [3.05, 3.63) is 29.5 Å². The third-order valence-electron chi connectivity index (χ3n) is 4.39. The van der Waals surface area contributed by atoms with Gasteiger partial charge in [0.2, 0.25) is 0 Å². The van der Waals surface area contributed by atoms with Crippen LogP contribution in [0.1, 0.15) is 11.3 Å². The van der Waals surface area contributed by atoms with Gasteiger partial charge in [0.1, 0.15) is 6.04 Å². The lowest BCUT2D eigenvalue weighted by Gasteiger charge is -2.28. The molecular weight excluding hydrogens is 296 g/mol. The summed E-state index contributed by atoms with van der Waals surface area (Å²) in [5.74, 6) is 4.39. The Bertz CT molecular complexity index is 707. The number of aryl methyl sites for hydroxylation is 1. The number of nitrogens with one attached hydrogen (secondary N) is 2. The van der Waals surface area contributed by atoms with Crippen molar-refractivity contribution in [3.8, 4) is 0 Å². The molecule has 0 spiro atoms. The molecule has 1 unspecified atom stereocenters. The Morgan fingerprint density at radius 3 is 2.87 bits per heavy atom. The Balaban J connectivity index is 1.91. The van der Waals surface area contributed by atoms with Gasteiger partial charge in [-0.3, -0.25) is 10.6 Å². The molecule has 5 N–H and O–H groups in total. The number of anilines is 1. The van der Waals surface area contributed by atoms with Gasteiger partial charge in [-0.2, -0.15) is 0 Å². The van der Waals surface area contributed by atoms with E-state index in [1.165, 1.54) is 0 Å². The highest BCUT2D eigenvalue weighted by atomic mass is 16.5. The number of carbonyl (C=O) groups is 1. The molecule has 2 aromatic rings. The van der Waals surface area contributed by atoms with Crippen LogP contribution >= 0.6 is 0 Å². The molecule has 0 amide bonds. The zero-order valence-corrected chi connectivity index (χ0v) is 13.1. The van der Waals surface area contributed by atoms with Crippen molar-refractivity contribution in [1.29, 1.82) is 0 Å². The Hall–Kier alpha value is -2.09. The van der Waals surface area contributed by atoms with E-state index < -0.39 is 12.0 Å². The predicted molar refractivity (Wildman–Crippen MR) is 88.5 cm³/mol. The fraction of sp³-hybridized carbons (Fsp3) is 0.438. The van der Waals surface area contributed by atoms with Gasteiger partial charge in [-0.05, 0) is 24.6 Å². The topological polar surface area (TPSA) is 104 Å². The van der Waals surface area contributed by atoms with E-state index in [-0.39, 0.29) is 0 Å². The third-order valence-corrected chi connectivity index (χ3v) is 4.39. The first-order chi connectivity index (χ1) is 11.1. The largest absolute Gasteiger partial charge is 0.480 e. The van der Waals surface area contributed by atoms with Gasteiger partial charge in [0, 0.05) is 41.8 Å². The number of ether oxygens (including phenoxy) is 1. The molecular formula is C16H22N4O3. The molecule has 3 rings (SSSR count). The molecule has 124 valence electrons. The van der Waals surface area contributed by atoms with Crippen molar-refractivity contribution >= 4 is 22.6 Å².